The van der Waals surface area contributed by atoms with Crippen LogP contribution in [0.3, 0.4) is 0 Å². The normalized spacial score (nSPS) is 25.0. The Kier molecular flexibility index (Phi) is 7.30. The van der Waals surface area contributed by atoms with Gasteiger partial charge in [0.05, 0.1) is 7.11 Å². The van der Waals surface area contributed by atoms with Gasteiger partial charge in [-0.25, -0.2) is 9.59 Å². The van der Waals surface area contributed by atoms with E-state index in [1.807, 2.05) is 33.8 Å². The second-order valence-corrected chi connectivity index (χ2v) is 7.98. The predicted octanol–water partition coefficient (Wildman–Crippen LogP) is 4.22. The summed E-state index contributed by atoms with van der Waals surface area (Å²) < 4.78 is 10.6. The maximum atomic E-state index is 12.4. The highest BCUT2D eigenvalue weighted by atomic mass is 16.6. The Labute approximate surface area is 146 Å². The topological polar surface area (TPSA) is 64.6 Å². The minimum absolute atomic E-state index is 0.356. The molecule has 0 saturated heterocycles. The van der Waals surface area contributed by atoms with E-state index >= 15 is 0 Å². The van der Waals surface area contributed by atoms with Crippen molar-refractivity contribution < 1.29 is 19.1 Å². The van der Waals surface area contributed by atoms with Crippen molar-refractivity contribution in [3.63, 3.8) is 0 Å². The SMILES string of the molecule is C=CCCC[C@@H]1CCC[C@@]1(C)OC(=O)N[C@H](C(=O)OC)C(C)(C)C. The molecular formula is C19H33NO4. The van der Waals surface area contributed by atoms with Gasteiger partial charge in [0, 0.05) is 0 Å². The number of amides is 1. The van der Waals surface area contributed by atoms with E-state index in [0.29, 0.717) is 5.92 Å². The Bertz CT molecular complexity index is 455. The summed E-state index contributed by atoms with van der Waals surface area (Å²) >= 11 is 0. The average Bonchev–Trinajstić information content (AvgIpc) is 2.84. The third kappa shape index (κ3) is 5.53. The molecule has 1 aliphatic rings. The van der Waals surface area contributed by atoms with E-state index in [1.165, 1.54) is 7.11 Å². The van der Waals surface area contributed by atoms with Crippen LogP contribution in [-0.4, -0.2) is 30.8 Å². The fourth-order valence-electron chi connectivity index (χ4n) is 3.41. The molecule has 0 aromatic rings. The summed E-state index contributed by atoms with van der Waals surface area (Å²) in [5.41, 5.74) is -0.921. The molecular weight excluding hydrogens is 306 g/mol. The first kappa shape index (κ1) is 20.5. The lowest BCUT2D eigenvalue weighted by Gasteiger charge is -2.34. The van der Waals surface area contributed by atoms with Gasteiger partial charge in [-0.2, -0.15) is 0 Å². The predicted molar refractivity (Wildman–Crippen MR) is 94.7 cm³/mol. The Morgan fingerprint density at radius 1 is 1.42 bits per heavy atom. The van der Waals surface area contributed by atoms with Crippen molar-refractivity contribution in [2.75, 3.05) is 7.11 Å². The van der Waals surface area contributed by atoms with Gasteiger partial charge >= 0.3 is 12.1 Å². The molecule has 0 aromatic heterocycles. The molecule has 24 heavy (non-hydrogen) atoms. The highest BCUT2D eigenvalue weighted by Gasteiger charge is 2.43. The van der Waals surface area contributed by atoms with Gasteiger partial charge in [0.25, 0.3) is 0 Å². The van der Waals surface area contributed by atoms with Crippen molar-refractivity contribution in [1.29, 1.82) is 0 Å². The van der Waals surface area contributed by atoms with Crippen LogP contribution in [0.1, 0.15) is 66.2 Å². The standard InChI is InChI=1S/C19H33NO4/c1-7-8-9-11-14-12-10-13-19(14,5)24-17(22)20-15(16(21)23-6)18(2,3)4/h7,14-15H,1,8-13H2,2-6H3,(H,20,22)/t14-,15-,19-/m1/s1. The zero-order chi connectivity index (χ0) is 18.4. The van der Waals surface area contributed by atoms with Crippen LogP contribution >= 0.6 is 0 Å². The second kappa shape index (κ2) is 8.54. The molecule has 5 nitrogen and oxygen atoms in total. The highest BCUT2D eigenvalue weighted by Crippen LogP contribution is 2.41. The van der Waals surface area contributed by atoms with E-state index in [-0.39, 0.29) is 0 Å². The third-order valence-corrected chi connectivity index (χ3v) is 4.94. The van der Waals surface area contributed by atoms with Gasteiger partial charge in [-0.05, 0) is 56.8 Å². The summed E-state index contributed by atoms with van der Waals surface area (Å²) in [7, 11) is 1.32. The van der Waals surface area contributed by atoms with Gasteiger partial charge in [0.15, 0.2) is 0 Å². The van der Waals surface area contributed by atoms with Crippen molar-refractivity contribution in [3.05, 3.63) is 12.7 Å². The van der Waals surface area contributed by atoms with E-state index < -0.39 is 29.1 Å². The van der Waals surface area contributed by atoms with Gasteiger partial charge in [-0.15, -0.1) is 6.58 Å². The zero-order valence-corrected chi connectivity index (χ0v) is 15.8. The summed E-state index contributed by atoms with van der Waals surface area (Å²) in [6.45, 7) is 11.4. The summed E-state index contributed by atoms with van der Waals surface area (Å²) in [5, 5.41) is 2.70. The van der Waals surface area contributed by atoms with Crippen LogP contribution in [0.5, 0.6) is 0 Å². The maximum absolute atomic E-state index is 12.4. The Morgan fingerprint density at radius 3 is 2.62 bits per heavy atom. The molecule has 0 aliphatic heterocycles. The smallest absolute Gasteiger partial charge is 0.408 e. The summed E-state index contributed by atoms with van der Waals surface area (Å²) in [4.78, 5) is 24.3. The van der Waals surface area contributed by atoms with Crippen LogP contribution < -0.4 is 5.32 Å². The van der Waals surface area contributed by atoms with E-state index in [4.69, 9.17) is 9.47 Å². The lowest BCUT2D eigenvalue weighted by atomic mass is 9.86. The summed E-state index contributed by atoms with van der Waals surface area (Å²) in [6, 6.07) is -0.737. The van der Waals surface area contributed by atoms with Crippen LogP contribution in [0.4, 0.5) is 4.79 Å². The second-order valence-electron chi connectivity index (χ2n) is 7.98. The Balaban J connectivity index is 2.70. The van der Waals surface area contributed by atoms with Crippen molar-refractivity contribution >= 4 is 12.1 Å². The van der Waals surface area contributed by atoms with Crippen molar-refractivity contribution in [3.8, 4) is 0 Å². The first-order valence-electron chi connectivity index (χ1n) is 8.82. The van der Waals surface area contributed by atoms with Crippen LogP contribution in [0.15, 0.2) is 12.7 Å². The molecule has 0 bridgehead atoms. The number of hydrogen-bond acceptors (Lipinski definition) is 4. The van der Waals surface area contributed by atoms with Gasteiger partial charge in [0.2, 0.25) is 0 Å². The average molecular weight is 339 g/mol. The van der Waals surface area contributed by atoms with Gasteiger partial charge in [-0.1, -0.05) is 26.8 Å². The van der Waals surface area contributed by atoms with Crippen LogP contribution in [0, 0.1) is 11.3 Å². The minimum Gasteiger partial charge on any atom is -0.467 e. The Hall–Kier alpha value is -1.52. The lowest BCUT2D eigenvalue weighted by molar-refractivity contribution is -0.146. The molecule has 3 atom stereocenters. The molecule has 1 N–H and O–H groups in total. The number of alkyl carbamates (subject to hydrolysis) is 1. The number of esters is 1. The molecule has 1 aliphatic carbocycles. The largest absolute Gasteiger partial charge is 0.467 e. The van der Waals surface area contributed by atoms with Crippen LogP contribution in [0.25, 0.3) is 0 Å². The van der Waals surface area contributed by atoms with E-state index in [9.17, 15) is 9.59 Å². The fraction of sp³-hybridized carbons (Fsp3) is 0.789. The molecule has 0 radical (unpaired) electrons. The monoisotopic (exact) mass is 339 g/mol. The number of carbonyl (C=O) groups is 2. The van der Waals surface area contributed by atoms with Crippen molar-refractivity contribution in [2.45, 2.75) is 77.9 Å². The van der Waals surface area contributed by atoms with Crippen molar-refractivity contribution in [2.24, 2.45) is 11.3 Å². The summed E-state index contributed by atoms with van der Waals surface area (Å²) in [6.07, 6.45) is 7.42. The van der Waals surface area contributed by atoms with Crippen LogP contribution in [0.2, 0.25) is 0 Å². The zero-order valence-electron chi connectivity index (χ0n) is 15.8. The molecule has 138 valence electrons. The van der Waals surface area contributed by atoms with Gasteiger partial charge in [0.1, 0.15) is 11.6 Å². The lowest BCUT2D eigenvalue weighted by Crippen LogP contribution is -2.51. The molecule has 0 heterocycles. The number of allylic oxidation sites excluding steroid dienone is 1. The molecule has 1 saturated carbocycles. The summed E-state index contributed by atoms with van der Waals surface area (Å²) in [5.74, 6) is -0.104. The highest BCUT2D eigenvalue weighted by molar-refractivity contribution is 5.82. The maximum Gasteiger partial charge on any atom is 0.408 e. The number of methoxy groups -OCH3 is 1. The molecule has 0 unspecified atom stereocenters. The number of hydrogen-bond donors (Lipinski definition) is 1. The number of nitrogens with one attached hydrogen (secondary N) is 1. The molecule has 1 rings (SSSR count). The van der Waals surface area contributed by atoms with E-state index in [0.717, 1.165) is 38.5 Å². The molecule has 5 heteroatoms. The quantitative estimate of drug-likeness (QED) is 0.428. The first-order valence-corrected chi connectivity index (χ1v) is 8.82. The van der Waals surface area contributed by atoms with Crippen LogP contribution in [-0.2, 0) is 14.3 Å². The third-order valence-electron chi connectivity index (χ3n) is 4.94. The Morgan fingerprint density at radius 2 is 2.08 bits per heavy atom. The fourth-order valence-corrected chi connectivity index (χ4v) is 3.41. The number of unbranched alkanes of at least 4 members (excludes halogenated alkanes) is 1. The van der Waals surface area contributed by atoms with Gasteiger partial charge in [-0.3, -0.25) is 0 Å². The molecule has 0 spiro atoms. The number of carbonyl (C=O) groups excluding carboxylic acids is 2. The minimum atomic E-state index is -0.737. The van der Waals surface area contributed by atoms with Crippen molar-refractivity contribution in [1.82, 2.24) is 5.32 Å². The van der Waals surface area contributed by atoms with E-state index in [1.54, 1.807) is 0 Å². The van der Waals surface area contributed by atoms with Gasteiger partial charge < -0.3 is 14.8 Å². The molecule has 0 aromatic carbocycles. The van der Waals surface area contributed by atoms with E-state index in [2.05, 4.69) is 11.9 Å². The number of ether oxygens (including phenoxy) is 2. The molecule has 1 fully saturated rings. The number of rotatable bonds is 7. The first-order chi connectivity index (χ1) is 11.1. The molecule has 1 amide bonds.